The molecule has 0 aliphatic carbocycles. The molecule has 0 saturated carbocycles. The first kappa shape index (κ1) is 13.2. The molecule has 17 heavy (non-hydrogen) atoms. The first-order chi connectivity index (χ1) is 8.17. The third kappa shape index (κ3) is 4.28. The van der Waals surface area contributed by atoms with Crippen molar-refractivity contribution < 1.29 is 4.79 Å². The summed E-state index contributed by atoms with van der Waals surface area (Å²) in [6.45, 7) is 4.00. The average molecular weight is 230 g/mol. The van der Waals surface area contributed by atoms with Crippen LogP contribution in [0.3, 0.4) is 0 Å². The quantitative estimate of drug-likeness (QED) is 0.844. The molecule has 90 valence electrons. The molecule has 0 aliphatic rings. The van der Waals surface area contributed by atoms with Crippen LogP contribution < -0.4 is 5.32 Å². The van der Waals surface area contributed by atoms with Gasteiger partial charge in [0.05, 0.1) is 12.5 Å². The monoisotopic (exact) mass is 230 g/mol. The standard InChI is InChI=1S/C14H18N2O/c1-3-4-11(2)14(17)16-13-7-5-12(6-8-13)9-10-15/h5-8,11H,3-4,9H2,1-2H3,(H,16,17)/t11-/m1/s1. The largest absolute Gasteiger partial charge is 0.326 e. The summed E-state index contributed by atoms with van der Waals surface area (Å²) in [5.41, 5.74) is 1.76. The van der Waals surface area contributed by atoms with Gasteiger partial charge in [0.2, 0.25) is 5.91 Å². The summed E-state index contributed by atoms with van der Waals surface area (Å²) >= 11 is 0. The van der Waals surface area contributed by atoms with E-state index < -0.39 is 0 Å². The number of nitriles is 1. The molecule has 0 unspecified atom stereocenters. The van der Waals surface area contributed by atoms with E-state index in [1.165, 1.54) is 0 Å². The van der Waals surface area contributed by atoms with Crippen molar-refractivity contribution in [3.05, 3.63) is 29.8 Å². The second-order valence-electron chi connectivity index (χ2n) is 4.21. The molecule has 1 N–H and O–H groups in total. The van der Waals surface area contributed by atoms with Crippen LogP contribution in [-0.2, 0) is 11.2 Å². The molecule has 0 radical (unpaired) electrons. The molecule has 1 amide bonds. The van der Waals surface area contributed by atoms with Crippen molar-refractivity contribution in [1.29, 1.82) is 5.26 Å². The van der Waals surface area contributed by atoms with Crippen molar-refractivity contribution in [2.45, 2.75) is 33.1 Å². The van der Waals surface area contributed by atoms with E-state index in [1.54, 1.807) is 0 Å². The number of amides is 1. The number of benzene rings is 1. The normalized spacial score (nSPS) is 11.6. The van der Waals surface area contributed by atoms with Gasteiger partial charge in [-0.15, -0.1) is 0 Å². The van der Waals surface area contributed by atoms with Gasteiger partial charge in [0, 0.05) is 11.6 Å². The third-order valence-corrected chi connectivity index (χ3v) is 2.67. The number of anilines is 1. The van der Waals surface area contributed by atoms with Gasteiger partial charge in [-0.2, -0.15) is 5.26 Å². The lowest BCUT2D eigenvalue weighted by Crippen LogP contribution is -2.20. The van der Waals surface area contributed by atoms with Crippen LogP contribution in [0.1, 0.15) is 32.3 Å². The van der Waals surface area contributed by atoms with E-state index in [9.17, 15) is 4.79 Å². The Morgan fingerprint density at radius 2 is 2.06 bits per heavy atom. The first-order valence-electron chi connectivity index (χ1n) is 5.94. The number of nitrogens with zero attached hydrogens (tertiary/aromatic N) is 1. The summed E-state index contributed by atoms with van der Waals surface area (Å²) in [4.78, 5) is 11.7. The predicted molar refractivity (Wildman–Crippen MR) is 68.5 cm³/mol. The number of rotatable bonds is 5. The van der Waals surface area contributed by atoms with Crippen molar-refractivity contribution >= 4 is 11.6 Å². The molecule has 1 aromatic rings. The van der Waals surface area contributed by atoms with Crippen molar-refractivity contribution in [3.8, 4) is 6.07 Å². The van der Waals surface area contributed by atoms with Crippen molar-refractivity contribution in [2.75, 3.05) is 5.32 Å². The van der Waals surface area contributed by atoms with Crippen molar-refractivity contribution in [1.82, 2.24) is 0 Å². The van der Waals surface area contributed by atoms with E-state index in [1.807, 2.05) is 31.2 Å². The van der Waals surface area contributed by atoms with Crippen LogP contribution in [-0.4, -0.2) is 5.91 Å². The molecule has 1 aromatic carbocycles. The zero-order valence-electron chi connectivity index (χ0n) is 10.4. The van der Waals surface area contributed by atoms with Gasteiger partial charge in [-0.1, -0.05) is 32.4 Å². The zero-order chi connectivity index (χ0) is 12.7. The Hall–Kier alpha value is -1.82. The molecule has 0 heterocycles. The van der Waals surface area contributed by atoms with Crippen LogP contribution in [0.25, 0.3) is 0 Å². The molecule has 0 saturated heterocycles. The van der Waals surface area contributed by atoms with Gasteiger partial charge in [0.1, 0.15) is 0 Å². The highest BCUT2D eigenvalue weighted by Gasteiger charge is 2.11. The highest BCUT2D eigenvalue weighted by molar-refractivity contribution is 5.92. The third-order valence-electron chi connectivity index (χ3n) is 2.67. The van der Waals surface area contributed by atoms with E-state index in [0.29, 0.717) is 6.42 Å². The van der Waals surface area contributed by atoms with Crippen LogP contribution in [0.15, 0.2) is 24.3 Å². The summed E-state index contributed by atoms with van der Waals surface area (Å²) in [5.74, 6) is 0.0960. The molecular formula is C14H18N2O. The van der Waals surface area contributed by atoms with Crippen LogP contribution >= 0.6 is 0 Å². The minimum atomic E-state index is 0.0405. The molecule has 0 bridgehead atoms. The van der Waals surface area contributed by atoms with Gasteiger partial charge < -0.3 is 5.32 Å². The average Bonchev–Trinajstić information content (AvgIpc) is 2.32. The smallest absolute Gasteiger partial charge is 0.227 e. The van der Waals surface area contributed by atoms with Crippen molar-refractivity contribution in [2.24, 2.45) is 5.92 Å². The SMILES string of the molecule is CCC[C@@H](C)C(=O)Nc1ccc(CC#N)cc1. The summed E-state index contributed by atoms with van der Waals surface area (Å²) in [6.07, 6.45) is 2.31. The Balaban J connectivity index is 2.57. The van der Waals surface area contributed by atoms with E-state index in [4.69, 9.17) is 5.26 Å². The fourth-order valence-corrected chi connectivity index (χ4v) is 1.63. The number of carbonyl (C=O) groups excluding carboxylic acids is 1. The fourth-order valence-electron chi connectivity index (χ4n) is 1.63. The Bertz CT molecular complexity index is 403. The number of nitrogens with one attached hydrogen (secondary N) is 1. The summed E-state index contributed by atoms with van der Waals surface area (Å²) in [5, 5.41) is 11.4. The summed E-state index contributed by atoms with van der Waals surface area (Å²) in [6, 6.07) is 9.49. The van der Waals surface area contributed by atoms with Gasteiger partial charge in [0.15, 0.2) is 0 Å². The van der Waals surface area contributed by atoms with Gasteiger partial charge in [-0.05, 0) is 24.1 Å². The maximum absolute atomic E-state index is 11.7. The summed E-state index contributed by atoms with van der Waals surface area (Å²) < 4.78 is 0. The van der Waals surface area contributed by atoms with Gasteiger partial charge >= 0.3 is 0 Å². The maximum atomic E-state index is 11.7. The van der Waals surface area contributed by atoms with E-state index in [0.717, 1.165) is 24.1 Å². The predicted octanol–water partition coefficient (Wildman–Crippen LogP) is 3.13. The lowest BCUT2D eigenvalue weighted by molar-refractivity contribution is -0.119. The van der Waals surface area contributed by atoms with Gasteiger partial charge in [-0.3, -0.25) is 4.79 Å². The van der Waals surface area contributed by atoms with Crippen LogP contribution in [0, 0.1) is 17.2 Å². The van der Waals surface area contributed by atoms with Crippen molar-refractivity contribution in [3.63, 3.8) is 0 Å². The molecular weight excluding hydrogens is 212 g/mol. The molecule has 3 nitrogen and oxygen atoms in total. The Morgan fingerprint density at radius 1 is 1.41 bits per heavy atom. The van der Waals surface area contributed by atoms with E-state index >= 15 is 0 Å². The number of hydrogen-bond donors (Lipinski definition) is 1. The minimum absolute atomic E-state index is 0.0405. The van der Waals surface area contributed by atoms with Crippen LogP contribution in [0.5, 0.6) is 0 Å². The Morgan fingerprint density at radius 3 is 2.59 bits per heavy atom. The van der Waals surface area contributed by atoms with Crippen LogP contribution in [0.2, 0.25) is 0 Å². The molecule has 0 aliphatic heterocycles. The Labute approximate surface area is 102 Å². The highest BCUT2D eigenvalue weighted by atomic mass is 16.1. The molecule has 0 spiro atoms. The zero-order valence-corrected chi connectivity index (χ0v) is 10.4. The van der Waals surface area contributed by atoms with Crippen LogP contribution in [0.4, 0.5) is 5.69 Å². The molecule has 1 rings (SSSR count). The molecule has 0 fully saturated rings. The number of carbonyl (C=O) groups is 1. The second-order valence-corrected chi connectivity index (χ2v) is 4.21. The topological polar surface area (TPSA) is 52.9 Å². The van der Waals surface area contributed by atoms with E-state index in [-0.39, 0.29) is 11.8 Å². The lowest BCUT2D eigenvalue weighted by atomic mass is 10.1. The van der Waals surface area contributed by atoms with E-state index in [2.05, 4.69) is 18.3 Å². The fraction of sp³-hybridized carbons (Fsp3) is 0.429. The minimum Gasteiger partial charge on any atom is -0.326 e. The highest BCUT2D eigenvalue weighted by Crippen LogP contribution is 2.13. The maximum Gasteiger partial charge on any atom is 0.227 e. The lowest BCUT2D eigenvalue weighted by Gasteiger charge is -2.11. The van der Waals surface area contributed by atoms with Gasteiger partial charge in [-0.25, -0.2) is 0 Å². The first-order valence-corrected chi connectivity index (χ1v) is 5.94. The van der Waals surface area contributed by atoms with Gasteiger partial charge in [0.25, 0.3) is 0 Å². The Kier molecular flexibility index (Phi) is 5.22. The number of hydrogen-bond acceptors (Lipinski definition) is 2. The molecule has 1 atom stereocenters. The second kappa shape index (κ2) is 6.70. The molecule has 3 heteroatoms. The summed E-state index contributed by atoms with van der Waals surface area (Å²) in [7, 11) is 0. The molecule has 0 aromatic heterocycles.